The highest BCUT2D eigenvalue weighted by Gasteiger charge is 2.27. The van der Waals surface area contributed by atoms with Gasteiger partial charge in [-0.3, -0.25) is 9.69 Å². The van der Waals surface area contributed by atoms with Crippen LogP contribution >= 0.6 is 23.2 Å². The number of nitrogens with one attached hydrogen (secondary N) is 1. The Morgan fingerprint density at radius 3 is 2.65 bits per heavy atom. The van der Waals surface area contributed by atoms with Gasteiger partial charge in [-0.15, -0.1) is 0 Å². The lowest BCUT2D eigenvalue weighted by Crippen LogP contribution is -2.40. The van der Waals surface area contributed by atoms with Gasteiger partial charge < -0.3 is 5.32 Å². The molecule has 0 bridgehead atoms. The Balaban J connectivity index is 1.66. The van der Waals surface area contributed by atoms with E-state index in [9.17, 15) is 4.79 Å². The van der Waals surface area contributed by atoms with Crippen LogP contribution in [-0.2, 0) is 11.3 Å². The molecule has 3 rings (SSSR count). The normalized spacial score (nSPS) is 17.9. The summed E-state index contributed by atoms with van der Waals surface area (Å²) in [6.45, 7) is 6.39. The Morgan fingerprint density at radius 2 is 1.92 bits per heavy atom. The second kappa shape index (κ2) is 8.43. The van der Waals surface area contributed by atoms with Crippen LogP contribution < -0.4 is 5.32 Å². The summed E-state index contributed by atoms with van der Waals surface area (Å²) in [7, 11) is 0. The minimum atomic E-state index is -0.0232. The predicted octanol–water partition coefficient (Wildman–Crippen LogP) is 5.46. The number of piperidine rings is 1. The highest BCUT2D eigenvalue weighted by Crippen LogP contribution is 2.28. The van der Waals surface area contributed by atoms with Crippen molar-refractivity contribution in [3.05, 3.63) is 63.1 Å². The third-order valence-electron chi connectivity index (χ3n) is 4.97. The molecule has 1 unspecified atom stereocenters. The highest BCUT2D eigenvalue weighted by atomic mass is 35.5. The maximum atomic E-state index is 12.8. The zero-order chi connectivity index (χ0) is 18.7. The number of likely N-dealkylation sites (tertiary alicyclic amines) is 1. The molecule has 26 heavy (non-hydrogen) atoms. The van der Waals surface area contributed by atoms with Crippen LogP contribution in [0.4, 0.5) is 5.69 Å². The van der Waals surface area contributed by atoms with Crippen molar-refractivity contribution < 1.29 is 4.79 Å². The Labute approximate surface area is 165 Å². The summed E-state index contributed by atoms with van der Waals surface area (Å²) in [6, 6.07) is 11.7. The molecule has 1 aliphatic heterocycles. The van der Waals surface area contributed by atoms with Crippen LogP contribution in [0.25, 0.3) is 0 Å². The first-order chi connectivity index (χ1) is 12.4. The number of rotatable bonds is 4. The first-order valence-electron chi connectivity index (χ1n) is 8.97. The van der Waals surface area contributed by atoms with E-state index in [4.69, 9.17) is 23.2 Å². The topological polar surface area (TPSA) is 32.3 Å². The second-order valence-corrected chi connectivity index (χ2v) is 7.90. The maximum Gasteiger partial charge on any atom is 0.228 e. The average molecular weight is 391 g/mol. The van der Waals surface area contributed by atoms with Crippen molar-refractivity contribution in [2.24, 2.45) is 5.92 Å². The number of carbonyl (C=O) groups excluding carboxylic acids is 1. The van der Waals surface area contributed by atoms with Crippen LogP contribution in [0.15, 0.2) is 36.4 Å². The van der Waals surface area contributed by atoms with Gasteiger partial charge in [0.2, 0.25) is 5.91 Å². The van der Waals surface area contributed by atoms with E-state index in [-0.39, 0.29) is 11.8 Å². The third kappa shape index (κ3) is 4.59. The summed E-state index contributed by atoms with van der Waals surface area (Å²) in [5, 5.41) is 4.47. The SMILES string of the molecule is Cc1ccc(C)c(NC(=O)C2CCCN(Cc3c(Cl)cccc3Cl)C2)c1. The summed E-state index contributed by atoms with van der Waals surface area (Å²) < 4.78 is 0. The molecular weight excluding hydrogens is 367 g/mol. The van der Waals surface area contributed by atoms with Crippen LogP contribution in [0.5, 0.6) is 0 Å². The van der Waals surface area contributed by atoms with Crippen molar-refractivity contribution in [2.75, 3.05) is 18.4 Å². The summed E-state index contributed by atoms with van der Waals surface area (Å²) in [5.41, 5.74) is 4.07. The summed E-state index contributed by atoms with van der Waals surface area (Å²) in [4.78, 5) is 15.0. The Morgan fingerprint density at radius 1 is 1.19 bits per heavy atom. The molecule has 0 saturated carbocycles. The molecule has 138 valence electrons. The Hall–Kier alpha value is -1.55. The molecule has 1 aliphatic rings. The molecule has 0 aromatic heterocycles. The molecule has 1 fully saturated rings. The quantitative estimate of drug-likeness (QED) is 0.751. The largest absolute Gasteiger partial charge is 0.326 e. The summed E-state index contributed by atoms with van der Waals surface area (Å²) in [5.74, 6) is 0.0681. The van der Waals surface area contributed by atoms with Crippen LogP contribution in [0.2, 0.25) is 10.0 Å². The number of nitrogens with zero attached hydrogens (tertiary/aromatic N) is 1. The second-order valence-electron chi connectivity index (χ2n) is 7.08. The van der Waals surface area contributed by atoms with Gasteiger partial charge >= 0.3 is 0 Å². The smallest absolute Gasteiger partial charge is 0.228 e. The number of hydrogen-bond donors (Lipinski definition) is 1. The van der Waals surface area contributed by atoms with Crippen LogP contribution in [0.3, 0.4) is 0 Å². The first kappa shape index (κ1) is 19.2. The van der Waals surface area contributed by atoms with Crippen molar-refractivity contribution in [2.45, 2.75) is 33.2 Å². The molecule has 3 nitrogen and oxygen atoms in total. The molecule has 0 spiro atoms. The minimum absolute atomic E-state index is 0.0232. The van der Waals surface area contributed by atoms with Crippen LogP contribution in [0.1, 0.15) is 29.5 Å². The summed E-state index contributed by atoms with van der Waals surface area (Å²) >= 11 is 12.6. The van der Waals surface area contributed by atoms with E-state index >= 15 is 0 Å². The molecule has 1 N–H and O–H groups in total. The number of anilines is 1. The fraction of sp³-hybridized carbons (Fsp3) is 0.381. The zero-order valence-corrected chi connectivity index (χ0v) is 16.7. The fourth-order valence-corrected chi connectivity index (χ4v) is 3.94. The number of aryl methyl sites for hydroxylation is 2. The predicted molar refractivity (Wildman–Crippen MR) is 109 cm³/mol. The van der Waals surface area contributed by atoms with Gasteiger partial charge in [-0.1, -0.05) is 41.4 Å². The van der Waals surface area contributed by atoms with Gasteiger partial charge in [0.15, 0.2) is 0 Å². The number of benzene rings is 2. The standard InChI is InChI=1S/C21H24Cl2N2O/c1-14-8-9-15(2)20(11-14)24-21(26)16-5-4-10-25(12-16)13-17-18(22)6-3-7-19(17)23/h3,6-9,11,16H,4-5,10,12-13H2,1-2H3,(H,24,26). The number of carbonyl (C=O) groups is 1. The van der Waals surface area contributed by atoms with Crippen molar-refractivity contribution in [3.63, 3.8) is 0 Å². The van der Waals surface area contributed by atoms with Crippen molar-refractivity contribution in [1.29, 1.82) is 0 Å². The van der Waals surface area contributed by atoms with Crippen molar-refractivity contribution in [3.8, 4) is 0 Å². The minimum Gasteiger partial charge on any atom is -0.326 e. The van der Waals surface area contributed by atoms with Gasteiger partial charge in [0, 0.05) is 34.4 Å². The molecule has 5 heteroatoms. The van der Waals surface area contributed by atoms with E-state index < -0.39 is 0 Å². The van der Waals surface area contributed by atoms with Gasteiger partial charge in [-0.2, -0.15) is 0 Å². The van der Waals surface area contributed by atoms with E-state index in [1.807, 2.05) is 44.2 Å². The van der Waals surface area contributed by atoms with Gasteiger partial charge in [0.05, 0.1) is 5.92 Å². The highest BCUT2D eigenvalue weighted by molar-refractivity contribution is 6.35. The van der Waals surface area contributed by atoms with Gasteiger partial charge in [-0.25, -0.2) is 0 Å². The average Bonchev–Trinajstić information content (AvgIpc) is 2.62. The van der Waals surface area contributed by atoms with E-state index in [2.05, 4.69) is 16.3 Å². The fourth-order valence-electron chi connectivity index (χ4n) is 3.43. The lowest BCUT2D eigenvalue weighted by Gasteiger charge is -2.32. The van der Waals surface area contributed by atoms with Gasteiger partial charge in [0.25, 0.3) is 0 Å². The molecule has 0 aliphatic carbocycles. The van der Waals surface area contributed by atoms with Crippen LogP contribution in [-0.4, -0.2) is 23.9 Å². The van der Waals surface area contributed by atoms with E-state index in [1.165, 1.54) is 0 Å². The monoisotopic (exact) mass is 390 g/mol. The number of halogens is 2. The van der Waals surface area contributed by atoms with Crippen molar-refractivity contribution >= 4 is 34.8 Å². The Bertz CT molecular complexity index is 786. The maximum absolute atomic E-state index is 12.8. The van der Waals surface area contributed by atoms with E-state index in [0.29, 0.717) is 16.6 Å². The molecule has 2 aromatic rings. The lowest BCUT2D eigenvalue weighted by atomic mass is 9.96. The van der Waals surface area contributed by atoms with Gasteiger partial charge in [-0.05, 0) is 62.6 Å². The molecule has 1 atom stereocenters. The Kier molecular flexibility index (Phi) is 6.23. The first-order valence-corrected chi connectivity index (χ1v) is 9.73. The molecule has 0 radical (unpaired) electrons. The lowest BCUT2D eigenvalue weighted by molar-refractivity contribution is -0.121. The van der Waals surface area contributed by atoms with E-state index in [0.717, 1.165) is 48.3 Å². The molecule has 1 amide bonds. The number of amides is 1. The van der Waals surface area contributed by atoms with E-state index in [1.54, 1.807) is 0 Å². The molecular formula is C21H24Cl2N2O. The van der Waals surface area contributed by atoms with Crippen molar-refractivity contribution in [1.82, 2.24) is 4.90 Å². The zero-order valence-electron chi connectivity index (χ0n) is 15.2. The summed E-state index contributed by atoms with van der Waals surface area (Å²) in [6.07, 6.45) is 1.90. The molecule has 1 heterocycles. The molecule has 1 saturated heterocycles. The van der Waals surface area contributed by atoms with Crippen LogP contribution in [0, 0.1) is 19.8 Å². The van der Waals surface area contributed by atoms with Gasteiger partial charge in [0.1, 0.15) is 0 Å². The third-order valence-corrected chi connectivity index (χ3v) is 5.68. The number of hydrogen-bond acceptors (Lipinski definition) is 2. The molecule has 2 aromatic carbocycles.